The number of benzene rings is 1. The van der Waals surface area contributed by atoms with E-state index in [-0.39, 0.29) is 41.9 Å². The van der Waals surface area contributed by atoms with Gasteiger partial charge >= 0.3 is 12.3 Å². The fourth-order valence-electron chi connectivity index (χ4n) is 5.27. The fraction of sp³-hybridized carbons (Fsp3) is 0.600. The molecular formula is C25H33F3N6O3. The number of likely N-dealkylation sites (tertiary alicyclic amines) is 1. The maximum atomic E-state index is 13.1. The van der Waals surface area contributed by atoms with Crippen LogP contribution in [0.2, 0.25) is 0 Å². The molecule has 2 aliphatic rings. The lowest BCUT2D eigenvalue weighted by atomic mass is 9.80. The Bertz CT molecular complexity index is 1100. The van der Waals surface area contributed by atoms with Crippen molar-refractivity contribution in [2.45, 2.75) is 63.4 Å². The molecule has 2 fully saturated rings. The molecular weight excluding hydrogens is 489 g/mol. The van der Waals surface area contributed by atoms with Crippen molar-refractivity contribution in [2.75, 3.05) is 32.0 Å². The Morgan fingerprint density at radius 2 is 1.89 bits per heavy atom. The van der Waals surface area contributed by atoms with Crippen LogP contribution in [0.5, 0.6) is 0 Å². The summed E-state index contributed by atoms with van der Waals surface area (Å²) >= 11 is 0. The van der Waals surface area contributed by atoms with E-state index in [4.69, 9.17) is 4.74 Å². The van der Waals surface area contributed by atoms with Gasteiger partial charge in [0.25, 0.3) is 0 Å². The topological polar surface area (TPSA) is 108 Å². The van der Waals surface area contributed by atoms with E-state index >= 15 is 0 Å². The van der Waals surface area contributed by atoms with Gasteiger partial charge in [0, 0.05) is 31.6 Å². The Labute approximate surface area is 213 Å². The standard InChI is InChI=1S/C25H33F3N6O3/c1-3-21(37-24(36)29-2)15-4-7-18(8-5-15)34-12-17(13-34)33-22(35)11-30-23-19-10-16(25(26,27)28)6-9-20(19)31-14-32-23/h6,9-10,14-15,17-18,21H,3-5,7-8,11-13H2,1-2H3,(H,29,36)(H,33,35)(H,30,31,32)/t15?,18?,21-/m0/s1. The minimum absolute atomic E-state index is 0.0333. The summed E-state index contributed by atoms with van der Waals surface area (Å²) < 4.78 is 44.8. The zero-order valence-electron chi connectivity index (χ0n) is 21.0. The maximum Gasteiger partial charge on any atom is 0.416 e. The molecule has 2 amide bonds. The van der Waals surface area contributed by atoms with Crippen molar-refractivity contribution in [2.24, 2.45) is 5.92 Å². The number of alkyl carbamates (subject to hydrolysis) is 1. The van der Waals surface area contributed by atoms with E-state index in [0.29, 0.717) is 17.5 Å². The van der Waals surface area contributed by atoms with Crippen molar-refractivity contribution in [3.05, 3.63) is 30.1 Å². The van der Waals surface area contributed by atoms with Crippen LogP contribution < -0.4 is 16.0 Å². The van der Waals surface area contributed by atoms with E-state index in [1.54, 1.807) is 7.05 Å². The van der Waals surface area contributed by atoms with Crippen molar-refractivity contribution < 1.29 is 27.5 Å². The van der Waals surface area contributed by atoms with E-state index in [1.165, 1.54) is 12.4 Å². The van der Waals surface area contributed by atoms with Gasteiger partial charge in [-0.25, -0.2) is 14.8 Å². The molecule has 1 aliphatic carbocycles. The summed E-state index contributed by atoms with van der Waals surface area (Å²) in [5, 5.41) is 8.54. The largest absolute Gasteiger partial charge is 0.446 e. The first-order valence-electron chi connectivity index (χ1n) is 12.7. The molecule has 2 aromatic rings. The summed E-state index contributed by atoms with van der Waals surface area (Å²) in [5.74, 6) is 0.305. The summed E-state index contributed by atoms with van der Waals surface area (Å²) in [6.45, 7) is 3.45. The number of halogens is 3. The molecule has 3 N–H and O–H groups in total. The first kappa shape index (κ1) is 26.9. The van der Waals surface area contributed by atoms with Crippen molar-refractivity contribution in [3.63, 3.8) is 0 Å². The van der Waals surface area contributed by atoms with Gasteiger partial charge in [0.15, 0.2) is 0 Å². The lowest BCUT2D eigenvalue weighted by Gasteiger charge is -2.47. The molecule has 12 heteroatoms. The van der Waals surface area contributed by atoms with Gasteiger partial charge in [-0.1, -0.05) is 6.92 Å². The van der Waals surface area contributed by atoms with Gasteiger partial charge in [-0.3, -0.25) is 9.69 Å². The molecule has 1 aromatic heterocycles. The molecule has 1 saturated carbocycles. The van der Waals surface area contributed by atoms with Crippen LogP contribution in [0.4, 0.5) is 23.8 Å². The third-order valence-corrected chi connectivity index (χ3v) is 7.30. The lowest BCUT2D eigenvalue weighted by Crippen LogP contribution is -2.63. The number of nitrogens with zero attached hydrogens (tertiary/aromatic N) is 3. The number of anilines is 1. The minimum Gasteiger partial charge on any atom is -0.446 e. The Balaban J connectivity index is 1.21. The van der Waals surface area contributed by atoms with Crippen molar-refractivity contribution in [3.8, 4) is 0 Å². The predicted molar refractivity (Wildman–Crippen MR) is 132 cm³/mol. The molecule has 0 radical (unpaired) electrons. The normalized spacial score (nSPS) is 21.6. The number of rotatable bonds is 8. The number of carbonyl (C=O) groups is 2. The monoisotopic (exact) mass is 522 g/mol. The number of carbonyl (C=O) groups excluding carboxylic acids is 2. The van der Waals surface area contributed by atoms with Gasteiger partial charge in [0.05, 0.1) is 23.7 Å². The van der Waals surface area contributed by atoms with Crippen LogP contribution >= 0.6 is 0 Å². The van der Waals surface area contributed by atoms with Gasteiger partial charge in [0.1, 0.15) is 18.2 Å². The first-order chi connectivity index (χ1) is 17.7. The van der Waals surface area contributed by atoms with E-state index < -0.39 is 11.7 Å². The molecule has 1 aliphatic heterocycles. The van der Waals surface area contributed by atoms with Crippen molar-refractivity contribution in [1.29, 1.82) is 0 Å². The van der Waals surface area contributed by atoms with Crippen LogP contribution in [0.15, 0.2) is 24.5 Å². The molecule has 9 nitrogen and oxygen atoms in total. The summed E-state index contributed by atoms with van der Waals surface area (Å²) in [7, 11) is 1.56. The van der Waals surface area contributed by atoms with Gasteiger partial charge in [-0.05, 0) is 56.2 Å². The summed E-state index contributed by atoms with van der Waals surface area (Å²) in [5.41, 5.74) is -0.434. The van der Waals surface area contributed by atoms with Gasteiger partial charge in [-0.15, -0.1) is 0 Å². The van der Waals surface area contributed by atoms with Crippen LogP contribution in [0, 0.1) is 5.92 Å². The Kier molecular flexibility index (Phi) is 8.35. The van der Waals surface area contributed by atoms with E-state index in [2.05, 4.69) is 30.8 Å². The molecule has 1 saturated heterocycles. The molecule has 0 spiro atoms. The second-order valence-electron chi connectivity index (χ2n) is 9.69. The highest BCUT2D eigenvalue weighted by molar-refractivity contribution is 5.91. The number of ether oxygens (including phenoxy) is 1. The average molecular weight is 523 g/mol. The van der Waals surface area contributed by atoms with Gasteiger partial charge in [0.2, 0.25) is 5.91 Å². The zero-order chi connectivity index (χ0) is 26.6. The van der Waals surface area contributed by atoms with Gasteiger partial charge in [-0.2, -0.15) is 13.2 Å². The molecule has 1 aromatic carbocycles. The van der Waals surface area contributed by atoms with Crippen LogP contribution in [0.1, 0.15) is 44.6 Å². The Morgan fingerprint density at radius 1 is 1.16 bits per heavy atom. The number of amides is 2. The minimum atomic E-state index is -4.48. The van der Waals surface area contributed by atoms with Crippen molar-refractivity contribution >= 4 is 28.7 Å². The second-order valence-corrected chi connectivity index (χ2v) is 9.69. The molecule has 37 heavy (non-hydrogen) atoms. The number of hydrogen-bond donors (Lipinski definition) is 3. The number of alkyl halides is 3. The molecule has 2 heterocycles. The summed E-state index contributed by atoms with van der Waals surface area (Å²) in [6, 6.07) is 3.74. The summed E-state index contributed by atoms with van der Waals surface area (Å²) in [4.78, 5) is 34.4. The molecule has 4 rings (SSSR count). The van der Waals surface area contributed by atoms with Crippen molar-refractivity contribution in [1.82, 2.24) is 25.5 Å². The highest BCUT2D eigenvalue weighted by Crippen LogP contribution is 2.34. The SMILES string of the molecule is CC[C@H](OC(=O)NC)C1CCC(N2CC(NC(=O)CNc3ncnc4ccc(C(F)(F)F)cc34)C2)CC1. The third-order valence-electron chi connectivity index (χ3n) is 7.30. The van der Waals surface area contributed by atoms with E-state index in [9.17, 15) is 22.8 Å². The molecule has 0 unspecified atom stereocenters. The number of aromatic nitrogens is 2. The molecule has 1 atom stereocenters. The molecule has 202 valence electrons. The van der Waals surface area contributed by atoms with E-state index in [0.717, 1.165) is 57.3 Å². The first-order valence-corrected chi connectivity index (χ1v) is 12.7. The Hall–Kier alpha value is -3.15. The fourth-order valence-corrected chi connectivity index (χ4v) is 5.27. The smallest absolute Gasteiger partial charge is 0.416 e. The number of fused-ring (bicyclic) bond motifs is 1. The maximum absolute atomic E-state index is 13.1. The van der Waals surface area contributed by atoms with Crippen LogP contribution in [0.25, 0.3) is 10.9 Å². The number of hydrogen-bond acceptors (Lipinski definition) is 7. The summed E-state index contributed by atoms with van der Waals surface area (Å²) in [6.07, 6.45) is 1.17. The molecule has 0 bridgehead atoms. The highest BCUT2D eigenvalue weighted by Gasteiger charge is 2.37. The number of nitrogens with one attached hydrogen (secondary N) is 3. The highest BCUT2D eigenvalue weighted by atomic mass is 19.4. The quantitative estimate of drug-likeness (QED) is 0.487. The second kappa shape index (κ2) is 11.5. The van der Waals surface area contributed by atoms with Crippen LogP contribution in [0.3, 0.4) is 0 Å². The van der Waals surface area contributed by atoms with E-state index in [1.807, 2.05) is 6.92 Å². The average Bonchev–Trinajstić information content (AvgIpc) is 2.87. The third kappa shape index (κ3) is 6.60. The predicted octanol–water partition coefficient (Wildman–Crippen LogP) is 3.55. The van der Waals surface area contributed by atoms with Crippen LogP contribution in [-0.2, 0) is 15.7 Å². The lowest BCUT2D eigenvalue weighted by molar-refractivity contribution is -0.137. The zero-order valence-corrected chi connectivity index (χ0v) is 21.0. The van der Waals surface area contributed by atoms with Crippen LogP contribution in [-0.4, -0.2) is 71.7 Å². The Morgan fingerprint density at radius 3 is 2.54 bits per heavy atom. The van der Waals surface area contributed by atoms with Gasteiger partial charge < -0.3 is 20.7 Å².